The molecular formula is C14H14O3. The highest BCUT2D eigenvalue weighted by molar-refractivity contribution is 5.91. The molecule has 2 saturated carbocycles. The average Bonchev–Trinajstić information content (AvgIpc) is 2.79. The van der Waals surface area contributed by atoms with Crippen molar-refractivity contribution >= 4 is 5.97 Å². The fourth-order valence-electron chi connectivity index (χ4n) is 5.38. The van der Waals surface area contributed by atoms with Gasteiger partial charge in [-0.25, -0.2) is 4.79 Å². The number of ether oxygens (including phenoxy) is 2. The fourth-order valence-corrected chi connectivity index (χ4v) is 5.38. The summed E-state index contributed by atoms with van der Waals surface area (Å²) in [7, 11) is 1.47. The van der Waals surface area contributed by atoms with Gasteiger partial charge in [0, 0.05) is 29.2 Å². The lowest BCUT2D eigenvalue weighted by molar-refractivity contribution is -0.137. The molecule has 0 N–H and O–H groups in total. The van der Waals surface area contributed by atoms with E-state index in [1.807, 2.05) is 0 Å². The number of carbonyl (C=O) groups is 1. The Morgan fingerprint density at radius 3 is 2.82 bits per heavy atom. The molecule has 5 rings (SSSR count). The van der Waals surface area contributed by atoms with Crippen molar-refractivity contribution in [3.05, 3.63) is 23.8 Å². The first-order chi connectivity index (χ1) is 8.24. The summed E-state index contributed by atoms with van der Waals surface area (Å²) in [6, 6.07) is 0. The van der Waals surface area contributed by atoms with Crippen molar-refractivity contribution < 1.29 is 14.3 Å². The zero-order valence-electron chi connectivity index (χ0n) is 9.68. The summed E-state index contributed by atoms with van der Waals surface area (Å²) >= 11 is 0. The second-order valence-electron chi connectivity index (χ2n) is 6.03. The molecule has 0 radical (unpaired) electrons. The highest BCUT2D eigenvalue weighted by atomic mass is 16.6. The van der Waals surface area contributed by atoms with E-state index in [0.29, 0.717) is 23.7 Å². The molecule has 3 heteroatoms. The summed E-state index contributed by atoms with van der Waals surface area (Å²) in [5, 5.41) is 0. The lowest BCUT2D eigenvalue weighted by Crippen LogP contribution is -2.37. The Balaban J connectivity index is 1.66. The maximum Gasteiger partial charge on any atom is 0.333 e. The Morgan fingerprint density at radius 2 is 2.06 bits per heavy atom. The zero-order valence-corrected chi connectivity index (χ0v) is 9.68. The molecule has 0 aromatic rings. The van der Waals surface area contributed by atoms with Crippen molar-refractivity contribution in [3.63, 3.8) is 0 Å². The lowest BCUT2D eigenvalue weighted by atomic mass is 9.74. The molecule has 4 aliphatic carbocycles. The number of esters is 1. The topological polar surface area (TPSA) is 38.8 Å². The zero-order chi connectivity index (χ0) is 11.4. The maximum atomic E-state index is 11.8. The van der Waals surface area contributed by atoms with Crippen LogP contribution in [0.3, 0.4) is 0 Å². The minimum Gasteiger partial charge on any atom is -0.466 e. The number of hydrogen-bond donors (Lipinski definition) is 0. The summed E-state index contributed by atoms with van der Waals surface area (Å²) in [5.74, 6) is 1.72. The second kappa shape index (κ2) is 2.24. The fraction of sp³-hybridized carbons (Fsp3) is 0.643. The van der Waals surface area contributed by atoms with Gasteiger partial charge in [-0.05, 0) is 12.8 Å². The minimum absolute atomic E-state index is 0.0185. The van der Waals surface area contributed by atoms with Gasteiger partial charge in [0.25, 0.3) is 0 Å². The number of methoxy groups -OCH3 is 1. The van der Waals surface area contributed by atoms with Crippen LogP contribution in [0.5, 0.6) is 0 Å². The number of hydrogen-bond acceptors (Lipinski definition) is 3. The molecule has 4 bridgehead atoms. The van der Waals surface area contributed by atoms with Crippen LogP contribution in [0.4, 0.5) is 0 Å². The van der Waals surface area contributed by atoms with Gasteiger partial charge in [-0.1, -0.05) is 18.2 Å². The summed E-state index contributed by atoms with van der Waals surface area (Å²) in [5.41, 5.74) is 0.941. The van der Waals surface area contributed by atoms with E-state index in [2.05, 4.69) is 18.2 Å². The Hall–Kier alpha value is -1.09. The van der Waals surface area contributed by atoms with Crippen LogP contribution < -0.4 is 0 Å². The summed E-state index contributed by atoms with van der Waals surface area (Å²) in [4.78, 5) is 11.8. The van der Waals surface area contributed by atoms with Crippen molar-refractivity contribution in [3.8, 4) is 0 Å². The monoisotopic (exact) mass is 230 g/mol. The van der Waals surface area contributed by atoms with E-state index in [0.717, 1.165) is 12.0 Å². The normalized spacial score (nSPS) is 59.0. The van der Waals surface area contributed by atoms with Crippen LogP contribution in [0.1, 0.15) is 12.8 Å². The Morgan fingerprint density at radius 1 is 1.29 bits per heavy atom. The molecule has 3 nitrogen and oxygen atoms in total. The molecule has 17 heavy (non-hydrogen) atoms. The van der Waals surface area contributed by atoms with E-state index >= 15 is 0 Å². The van der Waals surface area contributed by atoms with E-state index in [9.17, 15) is 4.79 Å². The van der Waals surface area contributed by atoms with Crippen LogP contribution in [0.15, 0.2) is 23.8 Å². The molecule has 0 aromatic carbocycles. The van der Waals surface area contributed by atoms with Crippen molar-refractivity contribution in [2.75, 3.05) is 7.11 Å². The molecule has 0 amide bonds. The Bertz CT molecular complexity index is 520. The predicted molar refractivity (Wildman–Crippen MR) is 59.0 cm³/mol. The van der Waals surface area contributed by atoms with Gasteiger partial charge in [0.05, 0.1) is 7.11 Å². The van der Waals surface area contributed by atoms with Crippen LogP contribution >= 0.6 is 0 Å². The third kappa shape index (κ3) is 0.628. The smallest absolute Gasteiger partial charge is 0.333 e. The van der Waals surface area contributed by atoms with Gasteiger partial charge < -0.3 is 9.47 Å². The van der Waals surface area contributed by atoms with Crippen molar-refractivity contribution in [2.45, 2.75) is 24.0 Å². The van der Waals surface area contributed by atoms with Gasteiger partial charge in [0.1, 0.15) is 11.2 Å². The van der Waals surface area contributed by atoms with Crippen LogP contribution in [-0.4, -0.2) is 24.3 Å². The van der Waals surface area contributed by atoms with Crippen LogP contribution in [0.2, 0.25) is 0 Å². The van der Waals surface area contributed by atoms with Crippen LogP contribution in [0, 0.1) is 23.7 Å². The molecule has 1 saturated heterocycles. The van der Waals surface area contributed by atoms with Gasteiger partial charge in [-0.2, -0.15) is 0 Å². The third-order valence-electron chi connectivity index (χ3n) is 5.83. The quantitative estimate of drug-likeness (QED) is 0.389. The Labute approximate surface area is 99.5 Å². The molecule has 0 spiro atoms. The number of epoxide rings is 1. The highest BCUT2D eigenvalue weighted by Crippen LogP contribution is 2.82. The molecule has 6 atom stereocenters. The average molecular weight is 230 g/mol. The van der Waals surface area contributed by atoms with Crippen molar-refractivity contribution in [1.29, 1.82) is 0 Å². The SMILES string of the molecule is COC(=O)C1=C[C@H]2C[C@H]1[C@]13O[C@@]21[C@H]1C=C[C@H]3C1. The molecule has 3 fully saturated rings. The van der Waals surface area contributed by atoms with Gasteiger partial charge >= 0.3 is 5.97 Å². The molecular weight excluding hydrogens is 216 g/mol. The van der Waals surface area contributed by atoms with Gasteiger partial charge in [0.2, 0.25) is 0 Å². The van der Waals surface area contributed by atoms with E-state index in [-0.39, 0.29) is 17.2 Å². The largest absolute Gasteiger partial charge is 0.466 e. The Kier molecular flexibility index (Phi) is 1.17. The summed E-state index contributed by atoms with van der Waals surface area (Å²) < 4.78 is 11.1. The predicted octanol–water partition coefficient (Wildman–Crippen LogP) is 1.45. The number of fused-ring (bicyclic) bond motifs is 4. The minimum atomic E-state index is -0.150. The molecule has 0 unspecified atom stereocenters. The second-order valence-corrected chi connectivity index (χ2v) is 6.03. The molecule has 88 valence electrons. The molecule has 1 heterocycles. The van der Waals surface area contributed by atoms with Crippen LogP contribution in [0.25, 0.3) is 0 Å². The van der Waals surface area contributed by atoms with Gasteiger partial charge in [-0.3, -0.25) is 0 Å². The standard InChI is InChI=1S/C14H14O3/c1-16-12(15)10-5-9-6-11(10)14-8-3-2-7(4-8)13(9,14)17-14/h2-3,5,7-9,11H,4,6H2,1H3/t7-,8-,9-,11+,13-,14-/m0/s1. The van der Waals surface area contributed by atoms with Crippen molar-refractivity contribution in [2.24, 2.45) is 23.7 Å². The third-order valence-corrected chi connectivity index (χ3v) is 5.83. The first kappa shape index (κ1) is 8.92. The first-order valence-corrected chi connectivity index (χ1v) is 6.42. The van der Waals surface area contributed by atoms with Gasteiger partial charge in [0.15, 0.2) is 0 Å². The highest BCUT2D eigenvalue weighted by Gasteiger charge is 2.90. The summed E-state index contributed by atoms with van der Waals surface area (Å²) in [6.07, 6.45) is 9.11. The van der Waals surface area contributed by atoms with E-state index < -0.39 is 0 Å². The van der Waals surface area contributed by atoms with Crippen molar-refractivity contribution in [1.82, 2.24) is 0 Å². The lowest BCUT2D eigenvalue weighted by Gasteiger charge is -2.24. The van der Waals surface area contributed by atoms with Gasteiger partial charge in [-0.15, -0.1) is 0 Å². The molecule has 5 aliphatic rings. The number of carbonyl (C=O) groups excluding carboxylic acids is 1. The summed E-state index contributed by atoms with van der Waals surface area (Å²) in [6.45, 7) is 0. The van der Waals surface area contributed by atoms with E-state index in [1.165, 1.54) is 13.5 Å². The van der Waals surface area contributed by atoms with Crippen LogP contribution in [-0.2, 0) is 14.3 Å². The maximum absolute atomic E-state index is 11.8. The molecule has 1 aliphatic heterocycles. The first-order valence-electron chi connectivity index (χ1n) is 6.42. The number of rotatable bonds is 1. The van der Waals surface area contributed by atoms with E-state index in [4.69, 9.17) is 9.47 Å². The van der Waals surface area contributed by atoms with E-state index in [1.54, 1.807) is 0 Å². The molecule has 0 aromatic heterocycles.